The van der Waals surface area contributed by atoms with E-state index in [0.29, 0.717) is 79.6 Å². The number of carbonyl (C=O) groups is 5. The van der Waals surface area contributed by atoms with E-state index in [0.717, 1.165) is 58.7 Å². The maximum Gasteiger partial charge on any atom is 0.131 e. The Morgan fingerprint density at radius 1 is 0.544 bits per heavy atom. The number of likely N-dealkylation sites (tertiary alicyclic amines) is 1. The van der Waals surface area contributed by atoms with Crippen LogP contribution in [-0.2, 0) is 28.7 Å². The maximum absolute atomic E-state index is 11.1. The molecule has 57 heavy (non-hydrogen) atoms. The summed E-state index contributed by atoms with van der Waals surface area (Å²) in [6, 6.07) is 2.65. The van der Waals surface area contributed by atoms with Crippen LogP contribution in [0.5, 0.6) is 0 Å². The third-order valence-electron chi connectivity index (χ3n) is 12.2. The van der Waals surface area contributed by atoms with E-state index in [-0.39, 0.29) is 17.3 Å². The average molecular weight is 801 g/mol. The number of morpholine rings is 1. The predicted molar refractivity (Wildman–Crippen MR) is 231 cm³/mol. The van der Waals surface area contributed by atoms with E-state index < -0.39 is 0 Å². The summed E-state index contributed by atoms with van der Waals surface area (Å²) < 4.78 is 5.87. The van der Waals surface area contributed by atoms with Crippen LogP contribution in [0.25, 0.3) is 0 Å². The molecular formula is C45H80N6O6. The molecule has 4 fully saturated rings. The highest BCUT2D eigenvalue weighted by molar-refractivity contribution is 5.77. The molecule has 0 aromatic carbocycles. The smallest absolute Gasteiger partial charge is 0.131 e. The average Bonchev–Trinajstić information content (AvgIpc) is 3.54. The fraction of sp³-hybridized carbons (Fsp3) is 0.800. The van der Waals surface area contributed by atoms with E-state index in [4.69, 9.17) is 4.74 Å². The molecule has 0 aromatic heterocycles. The standard InChI is InChI=1S/C12H21NO2.C9H18N2O.C9H15NO.C8H13NO.C7H13NO/c1-9(14)7-10-8-15-12-6-4-3-5-11(12)13(10)2;1-8(12)6-9-7-10(2)4-5-11(9)3;1-8(11)7-9-5-3-4-6-10(9)2;1-7(10)6-8-4-3-5-9(8)2;1-6(9)5-7-3-4-8(7)2/h10-12H,3-8H2,1-2H3;9H,4-7H2,1-3H3;3-4,9H,5-7H2,1-2H3;3-4,8H,5-6H2,1-2H3;7H,3-5H2,1-2H3. The molecule has 12 heteroatoms. The van der Waals surface area contributed by atoms with Crippen LogP contribution in [-0.4, -0.2) is 189 Å². The van der Waals surface area contributed by atoms with E-state index in [1.807, 2.05) is 7.05 Å². The van der Waals surface area contributed by atoms with Gasteiger partial charge in [0.15, 0.2) is 0 Å². The van der Waals surface area contributed by atoms with Gasteiger partial charge in [0.1, 0.15) is 28.9 Å². The fourth-order valence-electron chi connectivity index (χ4n) is 8.29. The molecule has 1 saturated carbocycles. The highest BCUT2D eigenvalue weighted by Gasteiger charge is 2.37. The van der Waals surface area contributed by atoms with E-state index in [1.165, 1.54) is 32.1 Å². The first-order valence-electron chi connectivity index (χ1n) is 21.5. The number of carbonyl (C=O) groups excluding carboxylic acids is 5. The van der Waals surface area contributed by atoms with Crippen molar-refractivity contribution < 1.29 is 28.7 Å². The van der Waals surface area contributed by atoms with Gasteiger partial charge in [-0.05, 0) is 109 Å². The third kappa shape index (κ3) is 19.9. The van der Waals surface area contributed by atoms with Crippen molar-refractivity contribution in [3.05, 3.63) is 24.3 Å². The minimum atomic E-state index is 0.267. The van der Waals surface area contributed by atoms with Crippen molar-refractivity contribution in [2.24, 2.45) is 0 Å². The zero-order chi connectivity index (χ0) is 42.7. The minimum absolute atomic E-state index is 0.267. The van der Waals surface area contributed by atoms with Gasteiger partial charge in [-0.1, -0.05) is 37.1 Å². The van der Waals surface area contributed by atoms with Crippen LogP contribution in [0, 0.1) is 0 Å². The van der Waals surface area contributed by atoms with Gasteiger partial charge in [-0.15, -0.1) is 0 Å². The quantitative estimate of drug-likeness (QED) is 0.289. The van der Waals surface area contributed by atoms with Gasteiger partial charge >= 0.3 is 0 Å². The zero-order valence-corrected chi connectivity index (χ0v) is 37.7. The molecule has 0 bridgehead atoms. The van der Waals surface area contributed by atoms with E-state index in [2.05, 4.69) is 88.9 Å². The molecule has 1 aliphatic carbocycles. The monoisotopic (exact) mass is 801 g/mol. The second kappa shape index (κ2) is 26.6. The number of ether oxygens (including phenoxy) is 1. The molecule has 5 heterocycles. The predicted octanol–water partition coefficient (Wildman–Crippen LogP) is 4.55. The van der Waals surface area contributed by atoms with Crippen molar-refractivity contribution in [3.8, 4) is 0 Å². The van der Waals surface area contributed by atoms with Crippen molar-refractivity contribution in [1.82, 2.24) is 29.4 Å². The van der Waals surface area contributed by atoms with E-state index in [1.54, 1.807) is 34.6 Å². The number of rotatable bonds is 10. The Morgan fingerprint density at radius 2 is 1.09 bits per heavy atom. The van der Waals surface area contributed by atoms with Crippen LogP contribution in [0.2, 0.25) is 0 Å². The van der Waals surface area contributed by atoms with Crippen LogP contribution in [0.3, 0.4) is 0 Å². The molecule has 0 radical (unpaired) electrons. The van der Waals surface area contributed by atoms with Gasteiger partial charge in [0, 0.05) is 101 Å². The summed E-state index contributed by atoms with van der Waals surface area (Å²) in [5, 5.41) is 0. The Labute approximate surface area is 346 Å². The first-order valence-corrected chi connectivity index (χ1v) is 21.5. The number of piperazine rings is 1. The van der Waals surface area contributed by atoms with Crippen LogP contribution in [0.15, 0.2) is 24.3 Å². The second-order valence-corrected chi connectivity index (χ2v) is 17.6. The van der Waals surface area contributed by atoms with Crippen molar-refractivity contribution in [3.63, 3.8) is 0 Å². The lowest BCUT2D eigenvalue weighted by molar-refractivity contribution is -0.129. The second-order valence-electron chi connectivity index (χ2n) is 17.6. The summed E-state index contributed by atoms with van der Waals surface area (Å²) >= 11 is 0. The lowest BCUT2D eigenvalue weighted by atomic mass is 9.88. The highest BCUT2D eigenvalue weighted by Crippen LogP contribution is 2.30. The van der Waals surface area contributed by atoms with Gasteiger partial charge in [0.2, 0.25) is 0 Å². The maximum atomic E-state index is 11.1. The lowest BCUT2D eigenvalue weighted by Crippen LogP contribution is -2.56. The van der Waals surface area contributed by atoms with Gasteiger partial charge in [-0.25, -0.2) is 0 Å². The molecule has 0 N–H and O–H groups in total. The molecule has 5 aliphatic heterocycles. The SMILES string of the molecule is CC(=O)CC1C=CCN1C.CC(=O)CC1CC=CCN1C.CC(=O)CC1CCN1C.CC(=O)CC1CN(C)CCN1C.CC(=O)CC1COC2CCCCC2N1C. The highest BCUT2D eigenvalue weighted by atomic mass is 16.5. The molecule has 7 atom stereocenters. The molecule has 0 amide bonds. The topological polar surface area (TPSA) is 114 Å². The number of hydrogen-bond acceptors (Lipinski definition) is 12. The van der Waals surface area contributed by atoms with Crippen LogP contribution >= 0.6 is 0 Å². The molecule has 326 valence electrons. The van der Waals surface area contributed by atoms with Crippen molar-refractivity contribution in [2.45, 2.75) is 148 Å². The number of Topliss-reactive ketones (excluding diaryl/α,β-unsaturated/α-hetero) is 5. The van der Waals surface area contributed by atoms with E-state index in [9.17, 15) is 24.0 Å². The first-order chi connectivity index (χ1) is 26.9. The minimum Gasteiger partial charge on any atom is -0.375 e. The van der Waals surface area contributed by atoms with Crippen molar-refractivity contribution in [1.29, 1.82) is 0 Å². The number of hydrogen-bond donors (Lipinski definition) is 0. The Kier molecular flexibility index (Phi) is 23.7. The third-order valence-corrected chi connectivity index (χ3v) is 12.2. The summed E-state index contributed by atoms with van der Waals surface area (Å²) in [5.41, 5.74) is 0. The fourth-order valence-corrected chi connectivity index (χ4v) is 8.29. The molecule has 12 nitrogen and oxygen atoms in total. The molecule has 6 aliphatic rings. The Hall–Kier alpha value is -2.45. The summed E-state index contributed by atoms with van der Waals surface area (Å²) in [6.45, 7) is 15.4. The first kappa shape index (κ1) is 50.7. The molecule has 6 rings (SSSR count). The zero-order valence-electron chi connectivity index (χ0n) is 37.7. The van der Waals surface area contributed by atoms with Gasteiger partial charge in [-0.3, -0.25) is 38.7 Å². The largest absolute Gasteiger partial charge is 0.375 e. The number of likely N-dealkylation sites (N-methyl/N-ethyl adjacent to an activating group) is 5. The van der Waals surface area contributed by atoms with Crippen molar-refractivity contribution in [2.75, 3.05) is 88.2 Å². The van der Waals surface area contributed by atoms with Gasteiger partial charge < -0.3 is 19.4 Å². The summed E-state index contributed by atoms with van der Waals surface area (Å²) in [7, 11) is 12.5. The summed E-state index contributed by atoms with van der Waals surface area (Å²) in [4.78, 5) is 67.7. The summed E-state index contributed by atoms with van der Waals surface area (Å²) in [6.07, 6.45) is 19.6. The Morgan fingerprint density at radius 3 is 1.60 bits per heavy atom. The van der Waals surface area contributed by atoms with Gasteiger partial charge in [0.25, 0.3) is 0 Å². The lowest BCUT2D eigenvalue weighted by Gasteiger charge is -2.46. The Bertz CT molecular complexity index is 1320. The molecule has 7 unspecified atom stereocenters. The molecular weight excluding hydrogens is 721 g/mol. The number of nitrogens with zero attached hydrogens (tertiary/aromatic N) is 6. The molecule has 0 aromatic rings. The molecule has 0 spiro atoms. The summed E-state index contributed by atoms with van der Waals surface area (Å²) in [5.74, 6) is 1.43. The number of ketones is 5. The van der Waals surface area contributed by atoms with Crippen molar-refractivity contribution >= 4 is 28.9 Å². The number of fused-ring (bicyclic) bond motifs is 1. The van der Waals surface area contributed by atoms with Gasteiger partial charge in [-0.2, -0.15) is 0 Å². The van der Waals surface area contributed by atoms with Crippen LogP contribution in [0.1, 0.15) is 105 Å². The van der Waals surface area contributed by atoms with Crippen LogP contribution < -0.4 is 0 Å². The van der Waals surface area contributed by atoms with E-state index >= 15 is 0 Å². The van der Waals surface area contributed by atoms with Gasteiger partial charge in [0.05, 0.1) is 12.7 Å². The normalized spacial score (nSPS) is 29.4. The Balaban J connectivity index is 0.000000249. The van der Waals surface area contributed by atoms with Crippen LogP contribution in [0.4, 0.5) is 0 Å². The molecule has 3 saturated heterocycles.